The molecule has 0 radical (unpaired) electrons. The van der Waals surface area contributed by atoms with Gasteiger partial charge < -0.3 is 106 Å². The van der Waals surface area contributed by atoms with Gasteiger partial charge in [-0.25, -0.2) is 4.79 Å². The summed E-state index contributed by atoms with van der Waals surface area (Å²) in [5.74, 6) is -17.2. The van der Waals surface area contributed by atoms with Crippen LogP contribution in [0.4, 0.5) is 0 Å². The van der Waals surface area contributed by atoms with E-state index in [0.29, 0.717) is 6.42 Å². The molecule has 532 valence electrons. The highest BCUT2D eigenvalue weighted by atomic mass is 35.5. The summed E-state index contributed by atoms with van der Waals surface area (Å²) in [6.07, 6.45) is -19.1. The van der Waals surface area contributed by atoms with Gasteiger partial charge in [0.2, 0.25) is 29.8 Å². The average molecular weight is 1420 g/mol. The number of aliphatic carboxylic acids is 1. The first-order valence-corrected chi connectivity index (χ1v) is 32.9. The molecule has 30 heteroatoms. The maximum atomic E-state index is 16.1. The number of phenols is 3. The monoisotopic (exact) mass is 1420 g/mol. The molecule has 0 spiro atoms. The molecule has 0 aromatic heterocycles. The first-order chi connectivity index (χ1) is 46.8. The summed E-state index contributed by atoms with van der Waals surface area (Å²) in [5.41, 5.74) is 3.26. The zero-order valence-corrected chi connectivity index (χ0v) is 56.0. The number of carboxylic acid groups (broad SMARTS) is 1. The van der Waals surface area contributed by atoms with Gasteiger partial charge in [-0.3, -0.25) is 28.8 Å². The van der Waals surface area contributed by atoms with Crippen molar-refractivity contribution >= 4 is 64.2 Å². The summed E-state index contributed by atoms with van der Waals surface area (Å²) in [6, 6.07) is 8.55. The van der Waals surface area contributed by atoms with Crippen molar-refractivity contribution in [1.82, 2.24) is 21.3 Å². The fourth-order valence-electron chi connectivity index (χ4n) is 13.2. The number of ketones is 3. The summed E-state index contributed by atoms with van der Waals surface area (Å²) < 4.78 is 38.6. The number of carbonyl (C=O) groups is 7. The number of fused-ring (bicyclic) bond motifs is 15. The van der Waals surface area contributed by atoms with Crippen molar-refractivity contribution in [3.8, 4) is 57.1 Å². The van der Waals surface area contributed by atoms with E-state index >= 15 is 14.4 Å². The number of amides is 3. The van der Waals surface area contributed by atoms with E-state index < -0.39 is 221 Å². The van der Waals surface area contributed by atoms with E-state index in [-0.39, 0.29) is 68.1 Å². The number of hydrogen-bond acceptors (Lipinski definition) is 24. The lowest BCUT2D eigenvalue weighted by Gasteiger charge is -2.47. The molecule has 2 fully saturated rings. The number of likely N-dealkylation sites (N-methyl/N-ethyl adjacent to an activating group) is 1. The minimum atomic E-state index is -2.17. The summed E-state index contributed by atoms with van der Waals surface area (Å²) in [4.78, 5) is 104. The number of aliphatic hydroxyl groups is 6. The van der Waals surface area contributed by atoms with Crippen LogP contribution in [0.2, 0.25) is 10.0 Å². The molecule has 7 aliphatic heterocycles. The van der Waals surface area contributed by atoms with Crippen LogP contribution in [0.3, 0.4) is 0 Å². The van der Waals surface area contributed by atoms with E-state index in [2.05, 4.69) is 21.3 Å². The molecule has 2 saturated heterocycles. The number of nitrogens with one attached hydrogen (secondary N) is 4. The van der Waals surface area contributed by atoms with Crippen LogP contribution in [0, 0.1) is 17.8 Å². The minimum absolute atomic E-state index is 0.00931. The van der Waals surface area contributed by atoms with E-state index in [1.807, 2.05) is 13.8 Å². The molecule has 12 rings (SSSR count). The standard InChI is InChI=1S/C69H79Cl2N5O23/c1-7-41-44(80)22-34-32-18-50(95-48-12-9-30(16-39(48)70)57(84)37(65(90)74-41)23-45(81)42(73-6)14-27(2)3)61(99-68-62(60(87)59(86)52(26-77)97-68)98-53-25-69(5,72)63(88)28(4)94-53)51(19-32)96-49-13-10-31(17-40(49)71)58(85)38-24-47(83)55(75-64(34)89)29-8-11-43(79)35(15-29)54-36(20-33(78)21-46(54)82)56(67(92)93)76-66(38)91/h8-13,15-21,27-28,34,37-38,41-42,52-53,55-60,62-63,68,73,77-79,82,84-88H,7,14,22-26,72H2,1-6H3,(H,74,90)(H,75,89)(H,76,91)(H,92,93)/t28-,34?,37+,38-,41-,42+,52+,53?,55+,56-,57+,58+,59+,60-,62+,63+,68?,69-/m0/s1. The smallest absolute Gasteiger partial charge is 0.330 e. The summed E-state index contributed by atoms with van der Waals surface area (Å²) in [6.45, 7) is 7.46. The highest BCUT2D eigenvalue weighted by Crippen LogP contribution is 2.51. The lowest BCUT2D eigenvalue weighted by Crippen LogP contribution is -2.64. The normalized spacial score (nSPS) is 30.0. The number of ether oxygens (including phenoxy) is 6. The van der Waals surface area contributed by atoms with Crippen molar-refractivity contribution in [2.75, 3.05) is 13.7 Å². The van der Waals surface area contributed by atoms with E-state index in [9.17, 15) is 70.2 Å². The quantitative estimate of drug-likeness (QED) is 0.0759. The second-order valence-corrected chi connectivity index (χ2v) is 27.1. The van der Waals surface area contributed by atoms with Gasteiger partial charge in [-0.2, -0.15) is 0 Å². The molecule has 99 heavy (non-hydrogen) atoms. The van der Waals surface area contributed by atoms with Crippen LogP contribution < -0.4 is 41.2 Å². The molecule has 7 heterocycles. The number of phenolic OH excluding ortho intramolecular Hbond substituents is 3. The Balaban J connectivity index is 1.23. The molecule has 16 N–H and O–H groups in total. The second-order valence-electron chi connectivity index (χ2n) is 26.3. The van der Waals surface area contributed by atoms with Crippen LogP contribution in [0.25, 0.3) is 11.1 Å². The third-order valence-electron chi connectivity index (χ3n) is 18.7. The SMILES string of the molecule is CC[C@@H]1NC(=O)[C@H](CC(=O)[C@@H](CC(C)C)NC)[C@H](O)c2ccc(c(Cl)c2)Oc2cc3cc(c2OC2O[C@H](CO)[C@@H](O)[C@H](O)[C@H]2OC2C[C@](C)(N)[C@H](O)[C@H](C)O2)Oc2ccc(cc2Cl)[C@@H](O)[C@@H]2CC(=O)[C@H](NC(=O)C3CC1=O)c1ccc(O)c(c1)-c1c(O)cc(O)cc1[C@@H](C(=O)O)NC2=O. The number of benzene rings is 5. The molecule has 3 amide bonds. The minimum Gasteiger partial charge on any atom is -0.508 e. The van der Waals surface area contributed by atoms with Crippen LogP contribution in [-0.2, 0) is 47.8 Å². The molecule has 3 unspecified atom stereocenters. The Kier molecular flexibility index (Phi) is 22.3. The van der Waals surface area contributed by atoms with Gasteiger partial charge >= 0.3 is 5.97 Å². The highest BCUT2D eigenvalue weighted by molar-refractivity contribution is 6.32. The Morgan fingerprint density at radius 1 is 0.747 bits per heavy atom. The van der Waals surface area contributed by atoms with Gasteiger partial charge in [0.05, 0.1) is 70.9 Å². The lowest BCUT2D eigenvalue weighted by molar-refractivity contribution is -0.333. The summed E-state index contributed by atoms with van der Waals surface area (Å²) >= 11 is 14.2. The molecule has 0 saturated carbocycles. The molecule has 28 nitrogen and oxygen atoms in total. The number of carboxylic acids is 1. The van der Waals surface area contributed by atoms with E-state index in [4.69, 9.17) is 57.4 Å². The van der Waals surface area contributed by atoms with Crippen LogP contribution in [0.1, 0.15) is 131 Å². The number of aliphatic hydroxyl groups excluding tert-OH is 6. The Morgan fingerprint density at radius 3 is 1.97 bits per heavy atom. The van der Waals surface area contributed by atoms with Crippen molar-refractivity contribution in [1.29, 1.82) is 0 Å². The predicted molar refractivity (Wildman–Crippen MR) is 350 cm³/mol. The number of hydrogen-bond donors (Lipinski definition) is 15. The zero-order valence-electron chi connectivity index (χ0n) is 54.5. The Labute approximate surface area is 577 Å². The predicted octanol–water partition coefficient (Wildman–Crippen LogP) is 4.71. The van der Waals surface area contributed by atoms with Gasteiger partial charge in [0.25, 0.3) is 0 Å². The van der Waals surface area contributed by atoms with E-state index in [1.165, 1.54) is 69.3 Å². The lowest BCUT2D eigenvalue weighted by atomic mass is 9.84. The van der Waals surface area contributed by atoms with Gasteiger partial charge in [0.15, 0.2) is 47.3 Å². The third kappa shape index (κ3) is 15.5. The van der Waals surface area contributed by atoms with Crippen LogP contribution in [0.5, 0.6) is 46.0 Å². The number of halogens is 2. The molecular weight excluding hydrogens is 1340 g/mol. The van der Waals surface area contributed by atoms with Crippen LogP contribution in [0.15, 0.2) is 78.9 Å². The first kappa shape index (κ1) is 73.6. The molecular formula is C69H79Cl2N5O23. The molecule has 5 aromatic carbocycles. The zero-order chi connectivity index (χ0) is 72.0. The van der Waals surface area contributed by atoms with Crippen molar-refractivity contribution in [3.05, 3.63) is 117 Å². The van der Waals surface area contributed by atoms with Crippen LogP contribution in [-0.4, -0.2) is 173 Å². The summed E-state index contributed by atoms with van der Waals surface area (Å²) in [7, 11) is 1.57. The fourth-order valence-corrected chi connectivity index (χ4v) is 13.7. The van der Waals surface area contributed by atoms with E-state index in [0.717, 1.165) is 30.3 Å². The van der Waals surface area contributed by atoms with Gasteiger partial charge in [0, 0.05) is 54.0 Å². The Bertz CT molecular complexity index is 3950. The Hall–Kier alpha value is -8.07. The summed E-state index contributed by atoms with van der Waals surface area (Å²) in [5, 5.41) is 124. The number of Topliss-reactive ketones (excluding diaryl/α,β-unsaturated/α-hetero) is 3. The highest BCUT2D eigenvalue weighted by Gasteiger charge is 2.51. The molecule has 18 atom stereocenters. The topological polar surface area (TPSA) is 451 Å². The number of rotatable bonds is 13. The maximum absolute atomic E-state index is 16.1. The van der Waals surface area contributed by atoms with E-state index in [1.54, 1.807) is 7.05 Å². The first-order valence-electron chi connectivity index (χ1n) is 32.2. The fraction of sp³-hybridized carbons (Fsp3) is 0.464. The molecule has 11 bridgehead atoms. The molecule has 0 aliphatic carbocycles. The molecule has 5 aromatic rings. The number of nitrogens with two attached hydrogens (primary N) is 1. The van der Waals surface area contributed by atoms with Crippen LogP contribution >= 0.6 is 23.2 Å². The van der Waals surface area contributed by atoms with Crippen molar-refractivity contribution in [3.63, 3.8) is 0 Å². The van der Waals surface area contributed by atoms with Crippen molar-refractivity contribution in [2.24, 2.45) is 23.5 Å². The third-order valence-corrected chi connectivity index (χ3v) is 19.3. The average Bonchev–Trinajstić information content (AvgIpc) is 0.770. The van der Waals surface area contributed by atoms with Gasteiger partial charge in [0.1, 0.15) is 53.1 Å². The largest absolute Gasteiger partial charge is 0.508 e. The number of carbonyl (C=O) groups excluding carboxylic acids is 6. The van der Waals surface area contributed by atoms with Crippen molar-refractivity contribution < 1.29 is 113 Å². The maximum Gasteiger partial charge on any atom is 0.330 e. The van der Waals surface area contributed by atoms with Crippen molar-refractivity contribution in [2.45, 2.75) is 170 Å². The van der Waals surface area contributed by atoms with Gasteiger partial charge in [-0.1, -0.05) is 62.2 Å². The molecule has 7 aliphatic rings. The van der Waals surface area contributed by atoms with Gasteiger partial charge in [-0.05, 0) is 117 Å². The Morgan fingerprint density at radius 2 is 1.38 bits per heavy atom. The number of aromatic hydroxyl groups is 3. The van der Waals surface area contributed by atoms with Gasteiger partial charge in [-0.15, -0.1) is 0 Å². The second kappa shape index (κ2) is 30.0.